The summed E-state index contributed by atoms with van der Waals surface area (Å²) >= 11 is 3.13. The van der Waals surface area contributed by atoms with Crippen LogP contribution in [-0.2, 0) is 9.59 Å². The summed E-state index contributed by atoms with van der Waals surface area (Å²) in [5, 5.41) is 0. The van der Waals surface area contributed by atoms with Crippen LogP contribution < -0.4 is 11.5 Å². The molecule has 0 atom stereocenters. The standard InChI is InChI=1S/C10H11BrN4O3/c11-7-2-1-6(3-14-7)10(18)15(4-8(12)16)5-9(13)17/h1-3H,4-5H2,(H2,12,16)(H2,13,17). The zero-order valence-electron chi connectivity index (χ0n) is 9.30. The maximum Gasteiger partial charge on any atom is 0.256 e. The van der Waals surface area contributed by atoms with E-state index in [9.17, 15) is 14.4 Å². The second-order valence-electron chi connectivity index (χ2n) is 3.46. The predicted molar refractivity (Wildman–Crippen MR) is 66.2 cm³/mol. The van der Waals surface area contributed by atoms with E-state index in [2.05, 4.69) is 20.9 Å². The molecule has 0 aromatic carbocycles. The summed E-state index contributed by atoms with van der Waals surface area (Å²) in [4.78, 5) is 38.5. The highest BCUT2D eigenvalue weighted by molar-refractivity contribution is 9.10. The molecule has 0 radical (unpaired) electrons. The fourth-order valence-corrected chi connectivity index (χ4v) is 1.50. The fraction of sp³-hybridized carbons (Fsp3) is 0.200. The Bertz CT molecular complexity index is 459. The van der Waals surface area contributed by atoms with Crippen LogP contribution in [0, 0.1) is 0 Å². The third kappa shape index (κ3) is 4.13. The van der Waals surface area contributed by atoms with Gasteiger partial charge in [0.25, 0.3) is 5.91 Å². The molecule has 0 bridgehead atoms. The molecule has 0 aliphatic rings. The van der Waals surface area contributed by atoms with Crippen molar-refractivity contribution in [3.05, 3.63) is 28.5 Å². The van der Waals surface area contributed by atoms with Gasteiger partial charge in [0.05, 0.1) is 5.56 Å². The third-order valence-electron chi connectivity index (χ3n) is 1.95. The average Bonchev–Trinajstić information content (AvgIpc) is 2.27. The summed E-state index contributed by atoms with van der Waals surface area (Å²) in [5.74, 6) is -1.99. The zero-order chi connectivity index (χ0) is 13.7. The van der Waals surface area contributed by atoms with Crippen molar-refractivity contribution in [2.45, 2.75) is 0 Å². The molecule has 0 unspecified atom stereocenters. The molecule has 1 heterocycles. The Hall–Kier alpha value is -1.96. The predicted octanol–water partition coefficient (Wildman–Crippen LogP) is -0.743. The topological polar surface area (TPSA) is 119 Å². The molecule has 3 amide bonds. The zero-order valence-corrected chi connectivity index (χ0v) is 10.9. The molecular formula is C10H11BrN4O3. The maximum absolute atomic E-state index is 12.0. The molecule has 1 aromatic heterocycles. The van der Waals surface area contributed by atoms with Crippen molar-refractivity contribution < 1.29 is 14.4 Å². The lowest BCUT2D eigenvalue weighted by Gasteiger charge is -2.19. The van der Waals surface area contributed by atoms with E-state index >= 15 is 0 Å². The van der Waals surface area contributed by atoms with Crippen molar-refractivity contribution in [3.8, 4) is 0 Å². The van der Waals surface area contributed by atoms with E-state index in [4.69, 9.17) is 11.5 Å². The Morgan fingerprint density at radius 2 is 1.72 bits per heavy atom. The first kappa shape index (κ1) is 14.1. The number of halogens is 1. The Labute approximate surface area is 111 Å². The fourth-order valence-electron chi connectivity index (χ4n) is 1.26. The van der Waals surface area contributed by atoms with Gasteiger partial charge in [-0.3, -0.25) is 14.4 Å². The lowest BCUT2D eigenvalue weighted by atomic mass is 10.2. The van der Waals surface area contributed by atoms with Crippen LogP contribution in [0.25, 0.3) is 0 Å². The average molecular weight is 315 g/mol. The van der Waals surface area contributed by atoms with Gasteiger partial charge in [-0.15, -0.1) is 0 Å². The van der Waals surface area contributed by atoms with E-state index in [1.54, 1.807) is 6.07 Å². The number of amides is 3. The lowest BCUT2D eigenvalue weighted by Crippen LogP contribution is -2.43. The number of carbonyl (C=O) groups is 3. The van der Waals surface area contributed by atoms with Crippen LogP contribution in [0.15, 0.2) is 22.9 Å². The second-order valence-corrected chi connectivity index (χ2v) is 4.28. The number of hydrogen-bond donors (Lipinski definition) is 2. The summed E-state index contributed by atoms with van der Waals surface area (Å²) in [5.41, 5.74) is 10.2. The first-order valence-electron chi connectivity index (χ1n) is 4.87. The first-order valence-corrected chi connectivity index (χ1v) is 5.67. The van der Waals surface area contributed by atoms with Crippen molar-refractivity contribution in [2.24, 2.45) is 11.5 Å². The maximum atomic E-state index is 12.0. The van der Waals surface area contributed by atoms with Gasteiger partial charge in [-0.1, -0.05) is 0 Å². The number of nitrogens with zero attached hydrogens (tertiary/aromatic N) is 2. The number of rotatable bonds is 5. The smallest absolute Gasteiger partial charge is 0.256 e. The Morgan fingerprint density at radius 3 is 2.11 bits per heavy atom. The van der Waals surface area contributed by atoms with Gasteiger partial charge in [-0.25, -0.2) is 4.98 Å². The molecule has 0 aliphatic carbocycles. The second kappa shape index (κ2) is 6.10. The summed E-state index contributed by atoms with van der Waals surface area (Å²) < 4.78 is 0.565. The van der Waals surface area contributed by atoms with E-state index in [1.165, 1.54) is 12.3 Å². The highest BCUT2D eigenvalue weighted by Gasteiger charge is 2.19. The van der Waals surface area contributed by atoms with Crippen molar-refractivity contribution >= 4 is 33.7 Å². The van der Waals surface area contributed by atoms with Crippen LogP contribution >= 0.6 is 15.9 Å². The number of aromatic nitrogens is 1. The van der Waals surface area contributed by atoms with Gasteiger partial charge in [0.2, 0.25) is 11.8 Å². The van der Waals surface area contributed by atoms with Crippen LogP contribution in [0.1, 0.15) is 10.4 Å². The third-order valence-corrected chi connectivity index (χ3v) is 2.42. The van der Waals surface area contributed by atoms with Gasteiger partial charge in [-0.2, -0.15) is 0 Å². The molecule has 1 aromatic rings. The number of primary amides is 2. The number of pyridine rings is 1. The van der Waals surface area contributed by atoms with Gasteiger partial charge in [0.15, 0.2) is 0 Å². The van der Waals surface area contributed by atoms with E-state index in [1.807, 2.05) is 0 Å². The van der Waals surface area contributed by atoms with Gasteiger partial charge < -0.3 is 16.4 Å². The molecule has 96 valence electrons. The van der Waals surface area contributed by atoms with Crippen LogP contribution in [0.5, 0.6) is 0 Å². The quantitative estimate of drug-likeness (QED) is 0.695. The van der Waals surface area contributed by atoms with Crippen LogP contribution in [0.4, 0.5) is 0 Å². The van der Waals surface area contributed by atoms with E-state index in [0.29, 0.717) is 4.60 Å². The SMILES string of the molecule is NC(=O)CN(CC(N)=O)C(=O)c1ccc(Br)nc1. The molecule has 8 heteroatoms. The minimum Gasteiger partial charge on any atom is -0.368 e. The molecule has 18 heavy (non-hydrogen) atoms. The first-order chi connectivity index (χ1) is 8.40. The van der Waals surface area contributed by atoms with Crippen molar-refractivity contribution in [2.75, 3.05) is 13.1 Å². The molecule has 0 fully saturated rings. The molecule has 0 spiro atoms. The highest BCUT2D eigenvalue weighted by Crippen LogP contribution is 2.08. The minimum atomic E-state index is -0.727. The summed E-state index contributed by atoms with van der Waals surface area (Å²) in [7, 11) is 0. The van der Waals surface area contributed by atoms with Crippen LogP contribution in [0.2, 0.25) is 0 Å². The number of nitrogens with two attached hydrogens (primary N) is 2. The van der Waals surface area contributed by atoms with Crippen LogP contribution in [-0.4, -0.2) is 40.7 Å². The van der Waals surface area contributed by atoms with Gasteiger partial charge >= 0.3 is 0 Å². The van der Waals surface area contributed by atoms with Gasteiger partial charge in [-0.05, 0) is 28.1 Å². The Kier molecular flexibility index (Phi) is 4.78. The summed E-state index contributed by atoms with van der Waals surface area (Å²) in [6, 6.07) is 3.08. The summed E-state index contributed by atoms with van der Waals surface area (Å²) in [6.45, 7) is -0.754. The summed E-state index contributed by atoms with van der Waals surface area (Å²) in [6.07, 6.45) is 1.32. The largest absolute Gasteiger partial charge is 0.368 e. The number of hydrogen-bond acceptors (Lipinski definition) is 4. The molecule has 4 N–H and O–H groups in total. The molecule has 0 saturated carbocycles. The molecule has 7 nitrogen and oxygen atoms in total. The lowest BCUT2D eigenvalue weighted by molar-refractivity contribution is -0.121. The van der Waals surface area contributed by atoms with Gasteiger partial charge in [0, 0.05) is 6.20 Å². The highest BCUT2D eigenvalue weighted by atomic mass is 79.9. The molecule has 0 aliphatic heterocycles. The molecular weight excluding hydrogens is 304 g/mol. The minimum absolute atomic E-state index is 0.237. The van der Waals surface area contributed by atoms with E-state index in [0.717, 1.165) is 4.90 Å². The van der Waals surface area contributed by atoms with Crippen molar-refractivity contribution in [1.82, 2.24) is 9.88 Å². The normalized spacial score (nSPS) is 9.83. The van der Waals surface area contributed by atoms with E-state index < -0.39 is 17.7 Å². The van der Waals surface area contributed by atoms with Crippen molar-refractivity contribution in [3.63, 3.8) is 0 Å². The monoisotopic (exact) mass is 314 g/mol. The Morgan fingerprint density at radius 1 is 1.17 bits per heavy atom. The van der Waals surface area contributed by atoms with Gasteiger partial charge in [0.1, 0.15) is 17.7 Å². The molecule has 0 saturated heterocycles. The van der Waals surface area contributed by atoms with E-state index in [-0.39, 0.29) is 18.7 Å². The van der Waals surface area contributed by atoms with Crippen LogP contribution in [0.3, 0.4) is 0 Å². The number of carbonyl (C=O) groups excluding carboxylic acids is 3. The van der Waals surface area contributed by atoms with Crippen molar-refractivity contribution in [1.29, 1.82) is 0 Å². The molecule has 1 rings (SSSR count). The Balaban J connectivity index is 2.90.